The number of aromatic nitrogens is 3. The summed E-state index contributed by atoms with van der Waals surface area (Å²) in [5.41, 5.74) is 0.291. The van der Waals surface area contributed by atoms with E-state index in [2.05, 4.69) is 10.2 Å². The number of carbonyl (C=O) groups excluding carboxylic acids is 1. The molecule has 0 radical (unpaired) electrons. The number of halogens is 1. The van der Waals surface area contributed by atoms with Crippen molar-refractivity contribution in [2.75, 3.05) is 13.7 Å². The normalized spacial score (nSPS) is 15.9. The molecule has 1 aromatic heterocycles. The highest BCUT2D eigenvalue weighted by atomic mass is 32.2. The number of esters is 1. The van der Waals surface area contributed by atoms with Gasteiger partial charge in [-0.3, -0.25) is 9.36 Å². The Morgan fingerprint density at radius 3 is 2.62 bits per heavy atom. The summed E-state index contributed by atoms with van der Waals surface area (Å²) in [4.78, 5) is 11.9. The summed E-state index contributed by atoms with van der Waals surface area (Å²) in [6.45, 7) is 0.446. The number of thioether (sulfide) groups is 1. The predicted octanol–water partition coefficient (Wildman–Crippen LogP) is 3.40. The smallest absolute Gasteiger partial charge is 0.319 e. The summed E-state index contributed by atoms with van der Waals surface area (Å²) >= 11 is 1.21. The van der Waals surface area contributed by atoms with Crippen LogP contribution in [0.1, 0.15) is 12.2 Å². The van der Waals surface area contributed by atoms with Gasteiger partial charge in [-0.2, -0.15) is 0 Å². The molecule has 0 aliphatic carbocycles. The SMILES string of the molecule is COc1ccc(OCc2nnc(SC3CCOC3=O)n2-c2ccccc2F)cc1. The van der Waals surface area contributed by atoms with Crippen molar-refractivity contribution in [3.8, 4) is 17.2 Å². The number of carbonyl (C=O) groups is 1. The van der Waals surface area contributed by atoms with Crippen LogP contribution in [0, 0.1) is 5.82 Å². The summed E-state index contributed by atoms with van der Waals surface area (Å²) in [6, 6.07) is 13.4. The van der Waals surface area contributed by atoms with Crippen LogP contribution in [0.4, 0.5) is 4.39 Å². The van der Waals surface area contributed by atoms with Crippen LogP contribution in [0.2, 0.25) is 0 Å². The highest BCUT2D eigenvalue weighted by Gasteiger charge is 2.30. The van der Waals surface area contributed by atoms with Gasteiger partial charge in [-0.1, -0.05) is 23.9 Å². The van der Waals surface area contributed by atoms with E-state index in [-0.39, 0.29) is 17.8 Å². The molecule has 2 aromatic carbocycles. The Morgan fingerprint density at radius 1 is 1.17 bits per heavy atom. The molecular weight excluding hydrogens is 397 g/mol. The molecule has 1 unspecified atom stereocenters. The molecule has 1 atom stereocenters. The highest BCUT2D eigenvalue weighted by molar-refractivity contribution is 8.00. The van der Waals surface area contributed by atoms with E-state index in [0.717, 1.165) is 0 Å². The van der Waals surface area contributed by atoms with Crippen LogP contribution in [-0.4, -0.2) is 39.7 Å². The lowest BCUT2D eigenvalue weighted by Gasteiger charge is -2.13. The van der Waals surface area contributed by atoms with Gasteiger partial charge in [-0.05, 0) is 36.4 Å². The van der Waals surface area contributed by atoms with Crippen molar-refractivity contribution >= 4 is 17.7 Å². The first-order valence-electron chi connectivity index (χ1n) is 8.95. The van der Waals surface area contributed by atoms with Gasteiger partial charge in [0.05, 0.1) is 19.4 Å². The number of methoxy groups -OCH3 is 1. The van der Waals surface area contributed by atoms with Gasteiger partial charge in [0.2, 0.25) is 0 Å². The molecule has 0 spiro atoms. The molecule has 3 aromatic rings. The molecule has 0 saturated carbocycles. The summed E-state index contributed by atoms with van der Waals surface area (Å²) < 4.78 is 32.0. The predicted molar refractivity (Wildman–Crippen MR) is 104 cm³/mol. The van der Waals surface area contributed by atoms with Gasteiger partial charge >= 0.3 is 5.97 Å². The van der Waals surface area contributed by atoms with Gasteiger partial charge in [0.15, 0.2) is 11.0 Å². The third-order valence-corrected chi connectivity index (χ3v) is 5.54. The van der Waals surface area contributed by atoms with E-state index in [4.69, 9.17) is 14.2 Å². The second-order valence-corrected chi connectivity index (χ2v) is 7.38. The van der Waals surface area contributed by atoms with Crippen LogP contribution >= 0.6 is 11.8 Å². The maximum absolute atomic E-state index is 14.5. The first kappa shape index (κ1) is 19.3. The summed E-state index contributed by atoms with van der Waals surface area (Å²) in [7, 11) is 1.59. The zero-order valence-electron chi connectivity index (χ0n) is 15.6. The molecule has 7 nitrogen and oxygen atoms in total. The van der Waals surface area contributed by atoms with E-state index in [9.17, 15) is 9.18 Å². The van der Waals surface area contributed by atoms with Crippen molar-refractivity contribution in [3.05, 3.63) is 60.2 Å². The second-order valence-electron chi connectivity index (χ2n) is 6.21. The Bertz CT molecular complexity index is 1010. The largest absolute Gasteiger partial charge is 0.497 e. The third-order valence-electron chi connectivity index (χ3n) is 4.36. The van der Waals surface area contributed by atoms with Gasteiger partial charge in [0.1, 0.15) is 29.2 Å². The van der Waals surface area contributed by atoms with Gasteiger partial charge in [-0.25, -0.2) is 4.39 Å². The minimum atomic E-state index is -0.422. The first-order chi connectivity index (χ1) is 14.2. The van der Waals surface area contributed by atoms with Crippen LogP contribution in [0.3, 0.4) is 0 Å². The summed E-state index contributed by atoms with van der Waals surface area (Å²) in [6.07, 6.45) is 0.575. The standard InChI is InChI=1S/C20H18FN3O4S/c1-26-13-6-8-14(9-7-13)28-12-18-22-23-20(29-17-10-11-27-19(17)25)24(18)16-5-3-2-4-15(16)21/h2-9,17H,10-12H2,1H3. The minimum absolute atomic E-state index is 0.0728. The lowest BCUT2D eigenvalue weighted by molar-refractivity contribution is -0.137. The molecule has 2 heterocycles. The van der Waals surface area contributed by atoms with E-state index in [1.165, 1.54) is 17.8 Å². The Hall–Kier alpha value is -3.07. The quantitative estimate of drug-likeness (QED) is 0.548. The van der Waals surface area contributed by atoms with Crippen molar-refractivity contribution < 1.29 is 23.4 Å². The molecule has 1 aliphatic rings. The number of hydrogen-bond acceptors (Lipinski definition) is 7. The Balaban J connectivity index is 1.62. The molecule has 1 fully saturated rings. The zero-order chi connectivity index (χ0) is 20.2. The monoisotopic (exact) mass is 415 g/mol. The van der Waals surface area contributed by atoms with E-state index >= 15 is 0 Å². The molecular formula is C20H18FN3O4S. The van der Waals surface area contributed by atoms with Crippen LogP contribution in [0.5, 0.6) is 11.5 Å². The molecule has 29 heavy (non-hydrogen) atoms. The molecule has 1 saturated heterocycles. The fourth-order valence-corrected chi connectivity index (χ4v) is 3.91. The third kappa shape index (κ3) is 4.19. The lowest BCUT2D eigenvalue weighted by Crippen LogP contribution is -2.13. The van der Waals surface area contributed by atoms with Gasteiger partial charge in [-0.15, -0.1) is 10.2 Å². The van der Waals surface area contributed by atoms with Crippen LogP contribution in [-0.2, 0) is 16.1 Å². The van der Waals surface area contributed by atoms with Crippen molar-refractivity contribution in [3.63, 3.8) is 0 Å². The van der Waals surface area contributed by atoms with Crippen molar-refractivity contribution in [1.29, 1.82) is 0 Å². The second kappa shape index (κ2) is 8.52. The Labute approximate surface area is 170 Å². The average molecular weight is 415 g/mol. The lowest BCUT2D eigenvalue weighted by atomic mass is 10.3. The average Bonchev–Trinajstić information content (AvgIpc) is 3.33. The number of hydrogen-bond donors (Lipinski definition) is 0. The van der Waals surface area contributed by atoms with Crippen LogP contribution in [0.25, 0.3) is 5.69 Å². The number of cyclic esters (lactones) is 1. The van der Waals surface area contributed by atoms with Gasteiger partial charge in [0.25, 0.3) is 0 Å². The highest BCUT2D eigenvalue weighted by Crippen LogP contribution is 2.31. The number of rotatable bonds is 7. The van der Waals surface area contributed by atoms with E-state index in [1.807, 2.05) is 0 Å². The van der Waals surface area contributed by atoms with Gasteiger partial charge < -0.3 is 14.2 Å². The number of ether oxygens (including phenoxy) is 3. The number of nitrogens with zero attached hydrogens (tertiary/aromatic N) is 3. The maximum Gasteiger partial charge on any atom is 0.319 e. The van der Waals surface area contributed by atoms with Gasteiger partial charge in [0, 0.05) is 6.42 Å². The molecule has 0 N–H and O–H groups in total. The molecule has 9 heteroatoms. The molecule has 1 aliphatic heterocycles. The first-order valence-corrected chi connectivity index (χ1v) is 9.83. The Morgan fingerprint density at radius 2 is 1.93 bits per heavy atom. The van der Waals surface area contributed by atoms with Crippen molar-refractivity contribution in [2.45, 2.75) is 23.4 Å². The minimum Gasteiger partial charge on any atom is -0.497 e. The van der Waals surface area contributed by atoms with Crippen LogP contribution in [0.15, 0.2) is 53.7 Å². The molecule has 0 amide bonds. The topological polar surface area (TPSA) is 75.5 Å². The fraction of sp³-hybridized carbons (Fsp3) is 0.250. The fourth-order valence-electron chi connectivity index (χ4n) is 2.88. The molecule has 4 rings (SSSR count). The van der Waals surface area contributed by atoms with E-state index in [0.29, 0.717) is 41.2 Å². The van der Waals surface area contributed by atoms with Crippen LogP contribution < -0.4 is 9.47 Å². The molecule has 150 valence electrons. The maximum atomic E-state index is 14.5. The summed E-state index contributed by atoms with van der Waals surface area (Å²) in [5.74, 6) is 1.03. The van der Waals surface area contributed by atoms with E-state index < -0.39 is 5.82 Å². The number of benzene rings is 2. The summed E-state index contributed by atoms with van der Waals surface area (Å²) in [5, 5.41) is 8.37. The number of para-hydroxylation sites is 1. The molecule has 0 bridgehead atoms. The zero-order valence-corrected chi connectivity index (χ0v) is 16.4. The van der Waals surface area contributed by atoms with Crippen molar-refractivity contribution in [2.24, 2.45) is 0 Å². The van der Waals surface area contributed by atoms with E-state index in [1.54, 1.807) is 54.1 Å². The Kier molecular flexibility index (Phi) is 5.66. The van der Waals surface area contributed by atoms with Crippen molar-refractivity contribution in [1.82, 2.24) is 14.8 Å².